The summed E-state index contributed by atoms with van der Waals surface area (Å²) >= 11 is 1.58. The third-order valence-electron chi connectivity index (χ3n) is 3.35. The maximum Gasteiger partial charge on any atom is 0.329 e. The molecular weight excluding hydrogens is 276 g/mol. The zero-order valence-corrected chi connectivity index (χ0v) is 13.2. The molecule has 0 saturated heterocycles. The molecule has 0 aromatic carbocycles. The normalized spacial score (nSPS) is 13.8. The lowest BCUT2D eigenvalue weighted by Gasteiger charge is -2.32. The Morgan fingerprint density at radius 2 is 2.15 bits per heavy atom. The van der Waals surface area contributed by atoms with Crippen molar-refractivity contribution < 1.29 is 14.7 Å². The van der Waals surface area contributed by atoms with Gasteiger partial charge in [-0.05, 0) is 38.6 Å². The smallest absolute Gasteiger partial charge is 0.329 e. The minimum atomic E-state index is -1.24. The molecule has 0 aliphatic carbocycles. The van der Waals surface area contributed by atoms with Crippen LogP contribution in [0.5, 0.6) is 0 Å². The quantitative estimate of drug-likeness (QED) is 0.848. The van der Waals surface area contributed by atoms with Crippen molar-refractivity contribution in [1.82, 2.24) is 10.2 Å². The van der Waals surface area contributed by atoms with Crippen molar-refractivity contribution in [3.63, 3.8) is 0 Å². The maximum absolute atomic E-state index is 12.3. The summed E-state index contributed by atoms with van der Waals surface area (Å²) in [5.74, 6) is -1.02. The number of nitrogens with one attached hydrogen (secondary N) is 1. The Labute approximate surface area is 123 Å². The van der Waals surface area contributed by atoms with E-state index in [1.54, 1.807) is 23.2 Å². The van der Waals surface area contributed by atoms with Crippen molar-refractivity contribution >= 4 is 23.3 Å². The van der Waals surface area contributed by atoms with Gasteiger partial charge >= 0.3 is 12.0 Å². The number of hydrogen-bond acceptors (Lipinski definition) is 3. The molecule has 5 nitrogen and oxygen atoms in total. The van der Waals surface area contributed by atoms with Crippen LogP contribution in [0.4, 0.5) is 4.79 Å². The molecule has 1 aromatic rings. The fourth-order valence-electron chi connectivity index (χ4n) is 1.66. The largest absolute Gasteiger partial charge is 0.480 e. The van der Waals surface area contributed by atoms with Crippen molar-refractivity contribution in [3.8, 4) is 0 Å². The van der Waals surface area contributed by atoms with Crippen LogP contribution >= 0.6 is 11.3 Å². The molecule has 2 amide bonds. The second-order valence-corrected chi connectivity index (χ2v) is 6.25. The van der Waals surface area contributed by atoms with Gasteiger partial charge in [0.25, 0.3) is 0 Å². The average Bonchev–Trinajstić information content (AvgIpc) is 2.87. The molecular formula is C14H22N2O3S. The second-order valence-electron chi connectivity index (χ2n) is 5.22. The summed E-state index contributed by atoms with van der Waals surface area (Å²) in [5, 5.41) is 13.8. The number of rotatable bonds is 6. The fourth-order valence-corrected chi connectivity index (χ4v) is 2.36. The van der Waals surface area contributed by atoms with E-state index in [1.807, 2.05) is 31.4 Å². The Bertz CT molecular complexity index is 459. The summed E-state index contributed by atoms with van der Waals surface area (Å²) in [7, 11) is 0. The minimum absolute atomic E-state index is 0.00741. The Balaban J connectivity index is 2.82. The summed E-state index contributed by atoms with van der Waals surface area (Å²) in [6, 6.07) is 3.54. The summed E-state index contributed by atoms with van der Waals surface area (Å²) in [6.07, 6.45) is 0.332. The number of carboxylic acids is 1. The number of carbonyl (C=O) groups is 2. The summed E-state index contributed by atoms with van der Waals surface area (Å²) in [4.78, 5) is 26.3. The topological polar surface area (TPSA) is 69.6 Å². The molecule has 0 aliphatic rings. The lowest BCUT2D eigenvalue weighted by molar-refractivity contribution is -0.143. The summed E-state index contributed by atoms with van der Waals surface area (Å²) in [5.41, 5.74) is -1.24. The van der Waals surface area contributed by atoms with Gasteiger partial charge in [-0.25, -0.2) is 9.59 Å². The van der Waals surface area contributed by atoms with Crippen LogP contribution in [0.15, 0.2) is 17.5 Å². The monoisotopic (exact) mass is 298 g/mol. The van der Waals surface area contributed by atoms with Gasteiger partial charge < -0.3 is 15.3 Å². The predicted octanol–water partition coefficient (Wildman–Crippen LogP) is 2.92. The van der Waals surface area contributed by atoms with Gasteiger partial charge in [0.15, 0.2) is 0 Å². The van der Waals surface area contributed by atoms with E-state index in [0.717, 1.165) is 4.88 Å². The molecule has 20 heavy (non-hydrogen) atoms. The van der Waals surface area contributed by atoms with E-state index in [4.69, 9.17) is 0 Å². The van der Waals surface area contributed by atoms with Crippen molar-refractivity contribution in [2.75, 3.05) is 0 Å². The van der Waals surface area contributed by atoms with Crippen LogP contribution in [0, 0.1) is 0 Å². The molecule has 1 atom stereocenters. The van der Waals surface area contributed by atoms with Gasteiger partial charge in [0.2, 0.25) is 0 Å². The molecule has 0 spiro atoms. The van der Waals surface area contributed by atoms with E-state index in [-0.39, 0.29) is 12.1 Å². The number of thiophene rings is 1. The Morgan fingerprint density at radius 3 is 2.55 bits per heavy atom. The first-order valence-electron chi connectivity index (χ1n) is 6.64. The molecule has 0 radical (unpaired) electrons. The lowest BCUT2D eigenvalue weighted by Crippen LogP contribution is -2.56. The Kier molecular flexibility index (Phi) is 5.56. The van der Waals surface area contributed by atoms with E-state index in [1.165, 1.54) is 6.92 Å². The molecule has 1 aromatic heterocycles. The van der Waals surface area contributed by atoms with Gasteiger partial charge in [0.05, 0.1) is 6.54 Å². The molecule has 0 aliphatic heterocycles. The van der Waals surface area contributed by atoms with Crippen molar-refractivity contribution in [2.24, 2.45) is 0 Å². The zero-order valence-electron chi connectivity index (χ0n) is 12.3. The first-order valence-corrected chi connectivity index (χ1v) is 7.52. The van der Waals surface area contributed by atoms with Gasteiger partial charge in [0.1, 0.15) is 5.54 Å². The third-order valence-corrected chi connectivity index (χ3v) is 4.21. The van der Waals surface area contributed by atoms with Crippen LogP contribution in [0.2, 0.25) is 0 Å². The maximum atomic E-state index is 12.3. The predicted molar refractivity (Wildman–Crippen MR) is 79.9 cm³/mol. The highest BCUT2D eigenvalue weighted by Crippen LogP contribution is 2.16. The Hall–Kier alpha value is -1.56. The van der Waals surface area contributed by atoms with Crippen molar-refractivity contribution in [1.29, 1.82) is 0 Å². The first kappa shape index (κ1) is 16.5. The standard InChI is InChI=1S/C14H22N2O3S/c1-5-14(4,12(17)18)15-13(19)16(10(2)3)9-11-7-6-8-20-11/h6-8,10H,5,9H2,1-4H3,(H,15,19)(H,17,18). The third kappa shape index (κ3) is 3.96. The minimum Gasteiger partial charge on any atom is -0.480 e. The number of carbonyl (C=O) groups excluding carboxylic acids is 1. The van der Waals surface area contributed by atoms with Crippen molar-refractivity contribution in [3.05, 3.63) is 22.4 Å². The molecule has 1 rings (SSSR count). The molecule has 0 fully saturated rings. The highest BCUT2D eigenvalue weighted by atomic mass is 32.1. The van der Waals surface area contributed by atoms with Gasteiger partial charge in [-0.2, -0.15) is 0 Å². The number of hydrogen-bond donors (Lipinski definition) is 2. The van der Waals surface area contributed by atoms with E-state index in [9.17, 15) is 14.7 Å². The van der Waals surface area contributed by atoms with Gasteiger partial charge in [-0.15, -0.1) is 11.3 Å². The number of nitrogens with zero attached hydrogens (tertiary/aromatic N) is 1. The average molecular weight is 298 g/mol. The molecule has 1 unspecified atom stereocenters. The molecule has 6 heteroatoms. The lowest BCUT2D eigenvalue weighted by atomic mass is 9.99. The second kappa shape index (κ2) is 6.74. The van der Waals surface area contributed by atoms with Crippen LogP contribution in [0.3, 0.4) is 0 Å². The van der Waals surface area contributed by atoms with E-state index in [2.05, 4.69) is 5.32 Å². The zero-order chi connectivity index (χ0) is 15.3. The molecule has 2 N–H and O–H groups in total. The molecule has 112 valence electrons. The summed E-state index contributed by atoms with van der Waals surface area (Å²) < 4.78 is 0. The first-order chi connectivity index (χ1) is 9.30. The SMILES string of the molecule is CCC(C)(NC(=O)N(Cc1cccs1)C(C)C)C(=O)O. The van der Waals surface area contributed by atoms with E-state index >= 15 is 0 Å². The van der Waals surface area contributed by atoms with Gasteiger partial charge in [-0.1, -0.05) is 13.0 Å². The summed E-state index contributed by atoms with van der Waals surface area (Å²) in [6.45, 7) is 7.58. The molecule has 0 saturated carbocycles. The molecule has 0 bridgehead atoms. The van der Waals surface area contributed by atoms with E-state index in [0.29, 0.717) is 13.0 Å². The number of urea groups is 1. The van der Waals surface area contributed by atoms with Crippen molar-refractivity contribution in [2.45, 2.75) is 52.2 Å². The van der Waals surface area contributed by atoms with E-state index < -0.39 is 11.5 Å². The fraction of sp³-hybridized carbons (Fsp3) is 0.571. The van der Waals surface area contributed by atoms with Crippen LogP contribution in [0.25, 0.3) is 0 Å². The van der Waals surface area contributed by atoms with Crippen LogP contribution in [0.1, 0.15) is 39.0 Å². The number of aliphatic carboxylic acids is 1. The highest BCUT2D eigenvalue weighted by molar-refractivity contribution is 7.09. The van der Waals surface area contributed by atoms with Crippen LogP contribution in [-0.4, -0.2) is 33.6 Å². The Morgan fingerprint density at radius 1 is 1.50 bits per heavy atom. The molecule has 1 heterocycles. The van der Waals surface area contributed by atoms with Crippen LogP contribution in [-0.2, 0) is 11.3 Å². The van der Waals surface area contributed by atoms with Gasteiger partial charge in [-0.3, -0.25) is 0 Å². The number of carboxylic acid groups (broad SMARTS) is 1. The highest BCUT2D eigenvalue weighted by Gasteiger charge is 2.34. The van der Waals surface area contributed by atoms with Crippen LogP contribution < -0.4 is 5.32 Å². The van der Waals surface area contributed by atoms with Gasteiger partial charge in [0, 0.05) is 10.9 Å². The number of amides is 2.